The van der Waals surface area contributed by atoms with Crippen molar-refractivity contribution >= 4 is 0 Å². The fraction of sp³-hybridized carbons (Fsp3) is 1.00. The van der Waals surface area contributed by atoms with Gasteiger partial charge >= 0.3 is 0 Å². The SMILES string of the molecule is CNCC(C)(O)COC(C)C. The first-order valence-electron chi connectivity index (χ1n) is 3.96. The van der Waals surface area contributed by atoms with Crippen LogP contribution in [0.4, 0.5) is 0 Å². The van der Waals surface area contributed by atoms with Gasteiger partial charge in [0.1, 0.15) is 0 Å². The second kappa shape index (κ2) is 4.70. The molecule has 0 aliphatic heterocycles. The average molecular weight is 161 g/mol. The van der Waals surface area contributed by atoms with Gasteiger partial charge < -0.3 is 15.2 Å². The lowest BCUT2D eigenvalue weighted by Gasteiger charge is -2.23. The van der Waals surface area contributed by atoms with Crippen molar-refractivity contribution < 1.29 is 9.84 Å². The molecule has 0 aliphatic carbocycles. The van der Waals surface area contributed by atoms with Crippen molar-refractivity contribution in [3.05, 3.63) is 0 Å². The predicted octanol–water partition coefficient (Wildman–Crippen LogP) is 0.382. The molecule has 2 N–H and O–H groups in total. The Morgan fingerprint density at radius 1 is 1.55 bits per heavy atom. The van der Waals surface area contributed by atoms with Crippen LogP contribution in [0.1, 0.15) is 20.8 Å². The molecule has 0 fully saturated rings. The molecule has 3 heteroatoms. The molecule has 0 aromatic carbocycles. The fourth-order valence-corrected chi connectivity index (χ4v) is 0.778. The van der Waals surface area contributed by atoms with E-state index in [-0.39, 0.29) is 6.10 Å². The number of nitrogens with one attached hydrogen (secondary N) is 1. The van der Waals surface area contributed by atoms with E-state index in [1.807, 2.05) is 20.9 Å². The number of likely N-dealkylation sites (N-methyl/N-ethyl adjacent to an activating group) is 1. The number of hydrogen-bond acceptors (Lipinski definition) is 3. The van der Waals surface area contributed by atoms with Gasteiger partial charge in [-0.3, -0.25) is 0 Å². The summed E-state index contributed by atoms with van der Waals surface area (Å²) in [6.45, 7) is 6.60. The maximum atomic E-state index is 9.58. The summed E-state index contributed by atoms with van der Waals surface area (Å²) in [6.07, 6.45) is 0.179. The summed E-state index contributed by atoms with van der Waals surface area (Å²) in [5.41, 5.74) is -0.751. The highest BCUT2D eigenvalue weighted by Gasteiger charge is 2.19. The van der Waals surface area contributed by atoms with Crippen LogP contribution in [0.2, 0.25) is 0 Å². The molecule has 0 saturated carbocycles. The highest BCUT2D eigenvalue weighted by atomic mass is 16.5. The van der Waals surface area contributed by atoms with Gasteiger partial charge in [-0.1, -0.05) is 0 Å². The zero-order valence-corrected chi connectivity index (χ0v) is 7.85. The first kappa shape index (κ1) is 10.9. The van der Waals surface area contributed by atoms with Crippen molar-refractivity contribution in [3.8, 4) is 0 Å². The van der Waals surface area contributed by atoms with E-state index in [2.05, 4.69) is 5.32 Å². The largest absolute Gasteiger partial charge is 0.386 e. The van der Waals surface area contributed by atoms with Crippen LogP contribution >= 0.6 is 0 Å². The number of ether oxygens (including phenoxy) is 1. The standard InChI is InChI=1S/C8H19NO2/c1-7(2)11-6-8(3,10)5-9-4/h7,9-10H,5-6H2,1-4H3. The second-order valence-electron chi connectivity index (χ2n) is 3.39. The molecule has 11 heavy (non-hydrogen) atoms. The smallest absolute Gasteiger partial charge is 0.0975 e. The zero-order valence-electron chi connectivity index (χ0n) is 7.85. The maximum Gasteiger partial charge on any atom is 0.0975 e. The Balaban J connectivity index is 3.54. The summed E-state index contributed by atoms with van der Waals surface area (Å²) in [5, 5.41) is 12.5. The molecule has 0 saturated heterocycles. The van der Waals surface area contributed by atoms with Crippen LogP contribution in [-0.4, -0.2) is 37.0 Å². The molecule has 68 valence electrons. The molecule has 0 spiro atoms. The lowest BCUT2D eigenvalue weighted by atomic mass is 10.1. The minimum Gasteiger partial charge on any atom is -0.386 e. The van der Waals surface area contributed by atoms with E-state index in [0.717, 1.165) is 0 Å². The highest BCUT2D eigenvalue weighted by Crippen LogP contribution is 2.03. The maximum absolute atomic E-state index is 9.58. The Bertz CT molecular complexity index is 102. The summed E-state index contributed by atoms with van der Waals surface area (Å²) in [6, 6.07) is 0. The lowest BCUT2D eigenvalue weighted by molar-refractivity contribution is -0.0512. The summed E-state index contributed by atoms with van der Waals surface area (Å²) in [7, 11) is 1.81. The Morgan fingerprint density at radius 3 is 2.45 bits per heavy atom. The Hall–Kier alpha value is -0.120. The molecule has 0 rings (SSSR count). The summed E-state index contributed by atoms with van der Waals surface area (Å²) in [4.78, 5) is 0. The van der Waals surface area contributed by atoms with Gasteiger partial charge in [0.25, 0.3) is 0 Å². The van der Waals surface area contributed by atoms with Crippen molar-refractivity contribution in [2.75, 3.05) is 20.2 Å². The summed E-state index contributed by atoms with van der Waals surface area (Å²) < 4.78 is 5.27. The zero-order chi connectivity index (χ0) is 8.91. The second-order valence-corrected chi connectivity index (χ2v) is 3.39. The minimum absolute atomic E-state index is 0.179. The molecule has 0 bridgehead atoms. The predicted molar refractivity (Wildman–Crippen MR) is 45.6 cm³/mol. The fourth-order valence-electron chi connectivity index (χ4n) is 0.778. The van der Waals surface area contributed by atoms with Gasteiger partial charge in [0.15, 0.2) is 0 Å². The van der Waals surface area contributed by atoms with Gasteiger partial charge in [0.05, 0.1) is 18.3 Å². The van der Waals surface area contributed by atoms with Crippen molar-refractivity contribution in [2.45, 2.75) is 32.5 Å². The van der Waals surface area contributed by atoms with Gasteiger partial charge in [-0.05, 0) is 27.8 Å². The normalized spacial score (nSPS) is 16.9. The van der Waals surface area contributed by atoms with E-state index in [0.29, 0.717) is 13.2 Å². The van der Waals surface area contributed by atoms with E-state index >= 15 is 0 Å². The summed E-state index contributed by atoms with van der Waals surface area (Å²) >= 11 is 0. The van der Waals surface area contributed by atoms with Crippen molar-refractivity contribution in [3.63, 3.8) is 0 Å². The van der Waals surface area contributed by atoms with E-state index in [4.69, 9.17) is 4.74 Å². The van der Waals surface area contributed by atoms with Gasteiger partial charge in [0.2, 0.25) is 0 Å². The quantitative estimate of drug-likeness (QED) is 0.612. The van der Waals surface area contributed by atoms with Crippen molar-refractivity contribution in [2.24, 2.45) is 0 Å². The third kappa shape index (κ3) is 6.28. The monoisotopic (exact) mass is 161 g/mol. The molecule has 1 unspecified atom stereocenters. The average Bonchev–Trinajstić information content (AvgIpc) is 1.84. The van der Waals surface area contributed by atoms with Crippen LogP contribution in [0.15, 0.2) is 0 Å². The lowest BCUT2D eigenvalue weighted by Crippen LogP contribution is -2.41. The van der Waals surface area contributed by atoms with Crippen LogP contribution < -0.4 is 5.32 Å². The summed E-state index contributed by atoms with van der Waals surface area (Å²) in [5.74, 6) is 0. The molecule has 0 aromatic rings. The van der Waals surface area contributed by atoms with Crippen LogP contribution in [-0.2, 0) is 4.74 Å². The Kier molecular flexibility index (Phi) is 4.65. The van der Waals surface area contributed by atoms with Gasteiger partial charge in [-0.25, -0.2) is 0 Å². The minimum atomic E-state index is -0.751. The van der Waals surface area contributed by atoms with Crippen LogP contribution in [0.3, 0.4) is 0 Å². The van der Waals surface area contributed by atoms with E-state index in [1.54, 1.807) is 6.92 Å². The number of hydrogen-bond donors (Lipinski definition) is 2. The number of aliphatic hydroxyl groups is 1. The topological polar surface area (TPSA) is 41.5 Å². The van der Waals surface area contributed by atoms with Crippen molar-refractivity contribution in [1.29, 1.82) is 0 Å². The molecule has 0 aliphatic rings. The van der Waals surface area contributed by atoms with Crippen molar-refractivity contribution in [1.82, 2.24) is 5.32 Å². The van der Waals surface area contributed by atoms with Gasteiger partial charge in [-0.15, -0.1) is 0 Å². The molecular weight excluding hydrogens is 142 g/mol. The molecule has 0 heterocycles. The molecule has 3 nitrogen and oxygen atoms in total. The van der Waals surface area contributed by atoms with E-state index in [9.17, 15) is 5.11 Å². The third-order valence-corrected chi connectivity index (χ3v) is 1.29. The van der Waals surface area contributed by atoms with Crippen LogP contribution in [0, 0.1) is 0 Å². The van der Waals surface area contributed by atoms with E-state index < -0.39 is 5.60 Å². The first-order valence-corrected chi connectivity index (χ1v) is 3.96. The Morgan fingerprint density at radius 2 is 2.09 bits per heavy atom. The first-order chi connectivity index (χ1) is 4.98. The highest BCUT2D eigenvalue weighted by molar-refractivity contribution is 4.73. The molecular formula is C8H19NO2. The third-order valence-electron chi connectivity index (χ3n) is 1.29. The molecule has 1 atom stereocenters. The molecule has 0 radical (unpaired) electrons. The van der Waals surface area contributed by atoms with Gasteiger partial charge in [0, 0.05) is 6.54 Å². The van der Waals surface area contributed by atoms with Crippen LogP contribution in [0.25, 0.3) is 0 Å². The van der Waals surface area contributed by atoms with Crippen LogP contribution in [0.5, 0.6) is 0 Å². The molecule has 0 aromatic heterocycles. The number of rotatable bonds is 5. The molecule has 0 amide bonds. The van der Waals surface area contributed by atoms with Gasteiger partial charge in [-0.2, -0.15) is 0 Å². The van der Waals surface area contributed by atoms with E-state index in [1.165, 1.54) is 0 Å². The Labute approximate surface area is 68.8 Å².